The molecule has 0 saturated carbocycles. The highest BCUT2D eigenvalue weighted by Crippen LogP contribution is 2.18. The Hall–Kier alpha value is -0.590. The van der Waals surface area contributed by atoms with Crippen LogP contribution in [0.4, 0.5) is 4.39 Å². The predicted octanol–water partition coefficient (Wildman–Crippen LogP) is 1.86. The van der Waals surface area contributed by atoms with Gasteiger partial charge in [-0.2, -0.15) is 0 Å². The molecule has 90 valence electrons. The highest BCUT2D eigenvalue weighted by molar-refractivity contribution is 7.99. The molecule has 0 fully saturated rings. The van der Waals surface area contributed by atoms with Gasteiger partial charge in [0.05, 0.1) is 6.26 Å². The van der Waals surface area contributed by atoms with Gasteiger partial charge < -0.3 is 0 Å². The molecular formula is C10H14FNO2S2. The molecule has 1 N–H and O–H groups in total. The van der Waals surface area contributed by atoms with E-state index in [1.54, 1.807) is 23.9 Å². The van der Waals surface area contributed by atoms with Crippen LogP contribution in [-0.2, 0) is 10.0 Å². The van der Waals surface area contributed by atoms with E-state index in [-0.39, 0.29) is 5.82 Å². The molecule has 0 aliphatic rings. The number of hydrogen-bond donors (Lipinski definition) is 1. The standard InChI is InChI=1S/C10H14FNO2S2/c1-16(13,14)12-7-2-8-15-10-5-3-9(11)4-6-10/h3-6,12H,2,7-8H2,1H3. The summed E-state index contributed by atoms with van der Waals surface area (Å²) < 4.78 is 36.5. The Balaban J connectivity index is 2.19. The summed E-state index contributed by atoms with van der Waals surface area (Å²) in [6, 6.07) is 6.25. The molecule has 16 heavy (non-hydrogen) atoms. The quantitative estimate of drug-likeness (QED) is 0.629. The molecule has 0 spiro atoms. The third-order valence-corrected chi connectivity index (χ3v) is 3.59. The predicted molar refractivity (Wildman–Crippen MR) is 64.6 cm³/mol. The maximum Gasteiger partial charge on any atom is 0.208 e. The number of halogens is 1. The van der Waals surface area contributed by atoms with Crippen LogP contribution in [0.5, 0.6) is 0 Å². The topological polar surface area (TPSA) is 46.2 Å². The largest absolute Gasteiger partial charge is 0.215 e. The molecule has 0 atom stereocenters. The van der Waals surface area contributed by atoms with Crippen LogP contribution in [-0.4, -0.2) is 27.0 Å². The first-order valence-corrected chi connectivity index (χ1v) is 7.68. The first kappa shape index (κ1) is 13.5. The molecule has 0 saturated heterocycles. The molecule has 0 unspecified atom stereocenters. The summed E-state index contributed by atoms with van der Waals surface area (Å²) in [7, 11) is -3.08. The summed E-state index contributed by atoms with van der Waals surface area (Å²) in [6.45, 7) is 0.438. The maximum absolute atomic E-state index is 12.6. The van der Waals surface area contributed by atoms with Gasteiger partial charge in [-0.15, -0.1) is 11.8 Å². The SMILES string of the molecule is CS(=O)(=O)NCCCSc1ccc(F)cc1. The number of benzene rings is 1. The lowest BCUT2D eigenvalue weighted by atomic mass is 10.4. The van der Waals surface area contributed by atoms with Gasteiger partial charge in [0.15, 0.2) is 0 Å². The average molecular weight is 263 g/mol. The van der Waals surface area contributed by atoms with E-state index in [0.29, 0.717) is 6.54 Å². The van der Waals surface area contributed by atoms with Gasteiger partial charge >= 0.3 is 0 Å². The average Bonchev–Trinajstić information content (AvgIpc) is 2.19. The summed E-state index contributed by atoms with van der Waals surface area (Å²) in [6.07, 6.45) is 1.88. The summed E-state index contributed by atoms with van der Waals surface area (Å²) in [4.78, 5) is 0.987. The number of nitrogens with one attached hydrogen (secondary N) is 1. The molecule has 0 bridgehead atoms. The Labute approximate surface area is 99.5 Å². The van der Waals surface area contributed by atoms with Crippen LogP contribution in [0.15, 0.2) is 29.2 Å². The Morgan fingerprint density at radius 3 is 2.50 bits per heavy atom. The van der Waals surface area contributed by atoms with Gasteiger partial charge in [-0.05, 0) is 36.4 Å². The third kappa shape index (κ3) is 6.09. The van der Waals surface area contributed by atoms with E-state index in [1.807, 2.05) is 0 Å². The molecule has 1 rings (SSSR count). The summed E-state index contributed by atoms with van der Waals surface area (Å²) >= 11 is 1.58. The third-order valence-electron chi connectivity index (χ3n) is 1.77. The number of thioether (sulfide) groups is 1. The minimum atomic E-state index is -3.08. The van der Waals surface area contributed by atoms with Crippen molar-refractivity contribution in [1.29, 1.82) is 0 Å². The van der Waals surface area contributed by atoms with Crippen molar-refractivity contribution in [3.05, 3.63) is 30.1 Å². The lowest BCUT2D eigenvalue weighted by molar-refractivity contribution is 0.587. The normalized spacial score (nSPS) is 11.6. The molecule has 0 aromatic heterocycles. The molecule has 0 aliphatic carbocycles. The second-order valence-electron chi connectivity index (χ2n) is 3.32. The Morgan fingerprint density at radius 2 is 1.94 bits per heavy atom. The van der Waals surface area contributed by atoms with Crippen molar-refractivity contribution in [2.45, 2.75) is 11.3 Å². The van der Waals surface area contributed by atoms with E-state index in [9.17, 15) is 12.8 Å². The number of hydrogen-bond acceptors (Lipinski definition) is 3. The minimum absolute atomic E-state index is 0.247. The van der Waals surface area contributed by atoms with Crippen molar-refractivity contribution >= 4 is 21.8 Å². The van der Waals surface area contributed by atoms with Crippen LogP contribution in [0, 0.1) is 5.82 Å². The Kier molecular flexibility index (Phi) is 5.24. The van der Waals surface area contributed by atoms with Crippen molar-refractivity contribution in [2.75, 3.05) is 18.6 Å². The fourth-order valence-corrected chi connectivity index (χ4v) is 2.42. The van der Waals surface area contributed by atoms with Gasteiger partial charge in [0, 0.05) is 11.4 Å². The fourth-order valence-electron chi connectivity index (χ4n) is 1.05. The van der Waals surface area contributed by atoms with Crippen LogP contribution >= 0.6 is 11.8 Å². The molecule has 0 amide bonds. The monoisotopic (exact) mass is 263 g/mol. The van der Waals surface area contributed by atoms with E-state index in [4.69, 9.17) is 0 Å². The van der Waals surface area contributed by atoms with Crippen LogP contribution < -0.4 is 4.72 Å². The van der Waals surface area contributed by atoms with E-state index in [0.717, 1.165) is 23.3 Å². The van der Waals surface area contributed by atoms with Crippen molar-refractivity contribution in [3.63, 3.8) is 0 Å². The smallest absolute Gasteiger partial charge is 0.208 e. The van der Waals surface area contributed by atoms with Gasteiger partial charge in [0.2, 0.25) is 10.0 Å². The van der Waals surface area contributed by atoms with Crippen LogP contribution in [0.1, 0.15) is 6.42 Å². The van der Waals surface area contributed by atoms with Crippen molar-refractivity contribution in [2.24, 2.45) is 0 Å². The second kappa shape index (κ2) is 6.22. The van der Waals surface area contributed by atoms with Gasteiger partial charge in [-0.25, -0.2) is 17.5 Å². The molecular weight excluding hydrogens is 249 g/mol. The molecule has 1 aromatic rings. The first-order valence-electron chi connectivity index (χ1n) is 4.80. The fraction of sp³-hybridized carbons (Fsp3) is 0.400. The van der Waals surface area contributed by atoms with E-state index in [2.05, 4.69) is 4.72 Å². The number of rotatable bonds is 6. The minimum Gasteiger partial charge on any atom is -0.215 e. The molecule has 1 aromatic carbocycles. The zero-order valence-electron chi connectivity index (χ0n) is 8.94. The van der Waals surface area contributed by atoms with Crippen LogP contribution in [0.25, 0.3) is 0 Å². The van der Waals surface area contributed by atoms with Gasteiger partial charge in [-0.1, -0.05) is 0 Å². The molecule has 0 radical (unpaired) electrons. The molecule has 3 nitrogen and oxygen atoms in total. The van der Waals surface area contributed by atoms with Crippen LogP contribution in [0.3, 0.4) is 0 Å². The highest BCUT2D eigenvalue weighted by atomic mass is 32.2. The zero-order valence-corrected chi connectivity index (χ0v) is 10.6. The lowest BCUT2D eigenvalue weighted by Gasteiger charge is -2.02. The second-order valence-corrected chi connectivity index (χ2v) is 6.32. The highest BCUT2D eigenvalue weighted by Gasteiger charge is 1.99. The summed E-state index contributed by atoms with van der Waals surface area (Å²) in [5.41, 5.74) is 0. The van der Waals surface area contributed by atoms with Crippen molar-refractivity contribution in [3.8, 4) is 0 Å². The summed E-state index contributed by atoms with van der Waals surface area (Å²) in [5, 5.41) is 0. The number of sulfonamides is 1. The lowest BCUT2D eigenvalue weighted by Crippen LogP contribution is -2.23. The zero-order chi connectivity index (χ0) is 12.0. The van der Waals surface area contributed by atoms with E-state index >= 15 is 0 Å². The maximum atomic E-state index is 12.6. The van der Waals surface area contributed by atoms with E-state index < -0.39 is 10.0 Å². The molecule has 6 heteroatoms. The van der Waals surface area contributed by atoms with Crippen LogP contribution in [0.2, 0.25) is 0 Å². The molecule has 0 aliphatic heterocycles. The van der Waals surface area contributed by atoms with Gasteiger partial charge in [0.25, 0.3) is 0 Å². The molecule has 0 heterocycles. The Morgan fingerprint density at radius 1 is 1.31 bits per heavy atom. The van der Waals surface area contributed by atoms with Crippen molar-refractivity contribution in [1.82, 2.24) is 4.72 Å². The van der Waals surface area contributed by atoms with E-state index in [1.165, 1.54) is 12.1 Å². The summed E-state index contributed by atoms with van der Waals surface area (Å²) in [5.74, 6) is 0.553. The first-order chi connectivity index (χ1) is 7.47. The Bertz CT molecular complexity index is 417. The van der Waals surface area contributed by atoms with Crippen molar-refractivity contribution < 1.29 is 12.8 Å². The van der Waals surface area contributed by atoms with Gasteiger partial charge in [0.1, 0.15) is 5.82 Å². The van der Waals surface area contributed by atoms with Gasteiger partial charge in [-0.3, -0.25) is 0 Å².